The molecule has 28 heavy (non-hydrogen) atoms. The normalized spacial score (nSPS) is 10.7. The van der Waals surface area contributed by atoms with Gasteiger partial charge in [0.15, 0.2) is 5.76 Å². The van der Waals surface area contributed by atoms with Gasteiger partial charge >= 0.3 is 0 Å². The zero-order chi connectivity index (χ0) is 19.2. The van der Waals surface area contributed by atoms with Gasteiger partial charge < -0.3 is 13.9 Å². The van der Waals surface area contributed by atoms with Crippen molar-refractivity contribution < 1.29 is 9.21 Å². The van der Waals surface area contributed by atoms with Gasteiger partial charge in [0.1, 0.15) is 5.76 Å². The van der Waals surface area contributed by atoms with Crippen molar-refractivity contribution in [3.8, 4) is 0 Å². The van der Waals surface area contributed by atoms with Crippen LogP contribution in [0.2, 0.25) is 0 Å². The first kappa shape index (κ1) is 17.8. The molecule has 5 heteroatoms. The smallest absolute Gasteiger partial charge is 0.290 e. The summed E-state index contributed by atoms with van der Waals surface area (Å²) < 4.78 is 7.74. The van der Waals surface area contributed by atoms with Crippen LogP contribution in [0.5, 0.6) is 0 Å². The summed E-state index contributed by atoms with van der Waals surface area (Å²) in [4.78, 5) is 19.0. The van der Waals surface area contributed by atoms with E-state index >= 15 is 0 Å². The van der Waals surface area contributed by atoms with E-state index < -0.39 is 0 Å². The Morgan fingerprint density at radius 2 is 1.54 bits per heavy atom. The fourth-order valence-corrected chi connectivity index (χ4v) is 3.10. The SMILES string of the molecule is O=C(c1ccc(Cn2ccnc2)o1)N(Cc1ccccc1)Cc1ccccc1. The highest BCUT2D eigenvalue weighted by atomic mass is 16.4. The minimum Gasteiger partial charge on any atom is -0.454 e. The lowest BCUT2D eigenvalue weighted by Gasteiger charge is -2.22. The van der Waals surface area contributed by atoms with Crippen LogP contribution < -0.4 is 0 Å². The molecular weight excluding hydrogens is 350 g/mol. The Labute approximate surface area is 163 Å². The van der Waals surface area contributed by atoms with E-state index in [9.17, 15) is 4.79 Å². The zero-order valence-electron chi connectivity index (χ0n) is 15.4. The number of carbonyl (C=O) groups is 1. The van der Waals surface area contributed by atoms with Crippen molar-refractivity contribution in [1.29, 1.82) is 0 Å². The molecule has 0 radical (unpaired) electrons. The highest BCUT2D eigenvalue weighted by molar-refractivity contribution is 5.91. The van der Waals surface area contributed by atoms with Gasteiger partial charge in [-0.2, -0.15) is 0 Å². The Kier molecular flexibility index (Phi) is 5.33. The number of furan rings is 1. The third-order valence-electron chi connectivity index (χ3n) is 4.49. The molecule has 4 aromatic rings. The summed E-state index contributed by atoms with van der Waals surface area (Å²) in [7, 11) is 0. The van der Waals surface area contributed by atoms with Crippen LogP contribution in [0.3, 0.4) is 0 Å². The van der Waals surface area contributed by atoms with E-state index in [2.05, 4.69) is 4.98 Å². The molecule has 0 saturated heterocycles. The van der Waals surface area contributed by atoms with Gasteiger partial charge in [-0.15, -0.1) is 0 Å². The number of nitrogens with zero attached hydrogens (tertiary/aromatic N) is 3. The Bertz CT molecular complexity index is 967. The van der Waals surface area contributed by atoms with Gasteiger partial charge in [0.25, 0.3) is 5.91 Å². The third kappa shape index (κ3) is 4.38. The van der Waals surface area contributed by atoms with Crippen molar-refractivity contribution in [2.45, 2.75) is 19.6 Å². The maximum Gasteiger partial charge on any atom is 0.290 e. The molecule has 2 aromatic carbocycles. The minimum atomic E-state index is -0.121. The van der Waals surface area contributed by atoms with Crippen LogP contribution in [0.25, 0.3) is 0 Å². The van der Waals surface area contributed by atoms with Crippen LogP contribution in [0.15, 0.2) is 95.9 Å². The average Bonchev–Trinajstić information content (AvgIpc) is 3.41. The zero-order valence-corrected chi connectivity index (χ0v) is 15.4. The fourth-order valence-electron chi connectivity index (χ4n) is 3.10. The summed E-state index contributed by atoms with van der Waals surface area (Å²) in [6.07, 6.45) is 5.30. The van der Waals surface area contributed by atoms with E-state index in [-0.39, 0.29) is 5.91 Å². The summed E-state index contributed by atoms with van der Waals surface area (Å²) in [6.45, 7) is 1.59. The van der Waals surface area contributed by atoms with Crippen molar-refractivity contribution in [3.05, 3.63) is 114 Å². The largest absolute Gasteiger partial charge is 0.454 e. The molecule has 2 heterocycles. The number of benzene rings is 2. The Morgan fingerprint density at radius 3 is 2.11 bits per heavy atom. The molecule has 0 aliphatic carbocycles. The van der Waals surface area contributed by atoms with Crippen LogP contribution in [-0.2, 0) is 19.6 Å². The Balaban J connectivity index is 1.54. The average molecular weight is 371 g/mol. The molecule has 4 rings (SSSR count). The van der Waals surface area contributed by atoms with Gasteiger partial charge in [0, 0.05) is 25.5 Å². The van der Waals surface area contributed by atoms with Gasteiger partial charge in [-0.1, -0.05) is 60.7 Å². The van der Waals surface area contributed by atoms with E-state index in [1.165, 1.54) is 0 Å². The van der Waals surface area contributed by atoms with E-state index in [0.717, 1.165) is 16.9 Å². The minimum absolute atomic E-state index is 0.121. The molecule has 0 N–H and O–H groups in total. The summed E-state index contributed by atoms with van der Waals surface area (Å²) in [6, 6.07) is 23.6. The Morgan fingerprint density at radius 1 is 0.893 bits per heavy atom. The molecule has 0 aliphatic heterocycles. The molecule has 0 bridgehead atoms. The topological polar surface area (TPSA) is 51.3 Å². The number of imidazole rings is 1. The van der Waals surface area contributed by atoms with Crippen LogP contribution >= 0.6 is 0 Å². The molecule has 5 nitrogen and oxygen atoms in total. The molecule has 2 aromatic heterocycles. The molecule has 0 atom stereocenters. The molecule has 0 spiro atoms. The monoisotopic (exact) mass is 371 g/mol. The molecule has 140 valence electrons. The first-order valence-electron chi connectivity index (χ1n) is 9.19. The van der Waals surface area contributed by atoms with E-state index in [4.69, 9.17) is 4.42 Å². The summed E-state index contributed by atoms with van der Waals surface area (Å²) >= 11 is 0. The molecule has 1 amide bonds. The van der Waals surface area contributed by atoms with Crippen molar-refractivity contribution in [2.24, 2.45) is 0 Å². The lowest BCUT2D eigenvalue weighted by Crippen LogP contribution is -2.29. The van der Waals surface area contributed by atoms with Crippen molar-refractivity contribution in [2.75, 3.05) is 0 Å². The molecule has 0 fully saturated rings. The number of carbonyl (C=O) groups excluding carboxylic acids is 1. The van der Waals surface area contributed by atoms with Crippen molar-refractivity contribution in [1.82, 2.24) is 14.5 Å². The van der Waals surface area contributed by atoms with E-state index in [0.29, 0.717) is 25.4 Å². The number of rotatable bonds is 7. The lowest BCUT2D eigenvalue weighted by atomic mass is 10.1. The predicted octanol–water partition coefficient (Wildman–Crippen LogP) is 4.37. The van der Waals surface area contributed by atoms with Crippen LogP contribution in [0.1, 0.15) is 27.4 Å². The fraction of sp³-hybridized carbons (Fsp3) is 0.130. The first-order valence-corrected chi connectivity index (χ1v) is 9.19. The standard InChI is InChI=1S/C23H21N3O2/c27-23(22-12-11-21(28-22)17-25-14-13-24-18-25)26(15-19-7-3-1-4-8-19)16-20-9-5-2-6-10-20/h1-14,18H,15-17H2. The maximum absolute atomic E-state index is 13.2. The maximum atomic E-state index is 13.2. The second kappa shape index (κ2) is 8.39. The second-order valence-electron chi connectivity index (χ2n) is 6.63. The van der Waals surface area contributed by atoms with Gasteiger partial charge in [-0.25, -0.2) is 4.98 Å². The lowest BCUT2D eigenvalue weighted by molar-refractivity contribution is 0.0695. The number of hydrogen-bond donors (Lipinski definition) is 0. The predicted molar refractivity (Wildman–Crippen MR) is 106 cm³/mol. The van der Waals surface area contributed by atoms with Gasteiger partial charge in [0.05, 0.1) is 12.9 Å². The summed E-state index contributed by atoms with van der Waals surface area (Å²) in [5, 5.41) is 0. The summed E-state index contributed by atoms with van der Waals surface area (Å²) in [5.41, 5.74) is 2.16. The van der Waals surface area contributed by atoms with Crippen molar-refractivity contribution >= 4 is 5.91 Å². The summed E-state index contributed by atoms with van der Waals surface area (Å²) in [5.74, 6) is 0.951. The van der Waals surface area contributed by atoms with Gasteiger partial charge in [0.2, 0.25) is 0 Å². The quantitative estimate of drug-likeness (QED) is 0.485. The highest BCUT2D eigenvalue weighted by Crippen LogP contribution is 2.17. The van der Waals surface area contributed by atoms with Crippen molar-refractivity contribution in [3.63, 3.8) is 0 Å². The van der Waals surface area contributed by atoms with Crippen LogP contribution in [0, 0.1) is 0 Å². The van der Waals surface area contributed by atoms with Crippen LogP contribution in [0.4, 0.5) is 0 Å². The third-order valence-corrected chi connectivity index (χ3v) is 4.49. The van der Waals surface area contributed by atoms with Crippen LogP contribution in [-0.4, -0.2) is 20.4 Å². The molecule has 0 aliphatic rings. The molecule has 0 saturated carbocycles. The highest BCUT2D eigenvalue weighted by Gasteiger charge is 2.20. The molecule has 0 unspecified atom stereocenters. The van der Waals surface area contributed by atoms with Gasteiger partial charge in [-0.05, 0) is 23.3 Å². The molecular formula is C23H21N3O2. The second-order valence-corrected chi connectivity index (χ2v) is 6.63. The number of hydrogen-bond acceptors (Lipinski definition) is 3. The van der Waals surface area contributed by atoms with E-state index in [1.54, 1.807) is 18.6 Å². The number of aromatic nitrogens is 2. The number of amides is 1. The van der Waals surface area contributed by atoms with E-state index in [1.807, 2.05) is 82.4 Å². The Hall–Kier alpha value is -3.60. The first-order chi connectivity index (χ1) is 13.8. The van der Waals surface area contributed by atoms with Gasteiger partial charge in [-0.3, -0.25) is 4.79 Å².